The largest absolute Gasteiger partial charge is 0.350 e. The van der Waals surface area contributed by atoms with Gasteiger partial charge in [-0.25, -0.2) is 14.8 Å². The molecule has 0 aromatic carbocycles. The zero-order valence-corrected chi connectivity index (χ0v) is 14.9. The van der Waals surface area contributed by atoms with Crippen LogP contribution in [0.1, 0.15) is 54.3 Å². The molecule has 7 heteroatoms. The summed E-state index contributed by atoms with van der Waals surface area (Å²) < 4.78 is 0. The lowest BCUT2D eigenvalue weighted by Gasteiger charge is -2.23. The molecule has 0 aliphatic rings. The minimum absolute atomic E-state index is 0.152. The molecule has 1 aromatic rings. The number of urea groups is 1. The summed E-state index contributed by atoms with van der Waals surface area (Å²) in [4.78, 5) is 32.3. The Labute approximate surface area is 137 Å². The molecule has 3 N–H and O–H groups in total. The molecule has 23 heavy (non-hydrogen) atoms. The second-order valence-electron chi connectivity index (χ2n) is 7.60. The number of rotatable bonds is 3. The molecule has 128 valence electrons. The summed E-state index contributed by atoms with van der Waals surface area (Å²) in [5, 5.41) is 8.00. The molecular formula is C16H27N5O2. The van der Waals surface area contributed by atoms with Gasteiger partial charge < -0.3 is 16.0 Å². The van der Waals surface area contributed by atoms with Crippen molar-refractivity contribution in [1.29, 1.82) is 0 Å². The molecule has 0 radical (unpaired) electrons. The standard InChI is InChI=1S/C16H27N5O2/c1-10(12(22)21-16(5,6)7)19-14(23)20-11-8-17-13(18-9-11)15(2,3)4/h8-10H,1-7H3,(H,21,22)(H2,19,20,23)/t10-/m0/s1. The van der Waals surface area contributed by atoms with Gasteiger partial charge in [0.05, 0.1) is 18.1 Å². The highest BCUT2D eigenvalue weighted by atomic mass is 16.2. The molecular weight excluding hydrogens is 294 g/mol. The third kappa shape index (κ3) is 6.63. The summed E-state index contributed by atoms with van der Waals surface area (Å²) in [6.07, 6.45) is 3.10. The van der Waals surface area contributed by atoms with E-state index in [1.54, 1.807) is 19.3 Å². The average molecular weight is 321 g/mol. The van der Waals surface area contributed by atoms with Crippen LogP contribution in [-0.4, -0.2) is 33.5 Å². The lowest BCUT2D eigenvalue weighted by molar-refractivity contribution is -0.123. The molecule has 1 rings (SSSR count). The molecule has 1 heterocycles. The van der Waals surface area contributed by atoms with Crippen LogP contribution in [0.3, 0.4) is 0 Å². The van der Waals surface area contributed by atoms with Gasteiger partial charge in [-0.3, -0.25) is 4.79 Å². The van der Waals surface area contributed by atoms with Crippen molar-refractivity contribution in [2.24, 2.45) is 0 Å². The summed E-state index contributed by atoms with van der Waals surface area (Å²) in [6, 6.07) is -1.13. The first-order chi connectivity index (χ1) is 10.4. The summed E-state index contributed by atoms with van der Waals surface area (Å²) in [5.41, 5.74) is -0.0283. The van der Waals surface area contributed by atoms with Gasteiger partial charge in [0.25, 0.3) is 0 Å². The van der Waals surface area contributed by atoms with Crippen LogP contribution in [0.2, 0.25) is 0 Å². The Balaban J connectivity index is 2.58. The van der Waals surface area contributed by atoms with E-state index in [1.807, 2.05) is 41.5 Å². The van der Waals surface area contributed by atoms with Crippen LogP contribution in [0.25, 0.3) is 0 Å². The normalized spacial score (nSPS) is 13.2. The van der Waals surface area contributed by atoms with E-state index in [0.717, 1.165) is 0 Å². The van der Waals surface area contributed by atoms with Gasteiger partial charge in [0.2, 0.25) is 5.91 Å². The van der Waals surface area contributed by atoms with Gasteiger partial charge in [0.15, 0.2) is 0 Å². The van der Waals surface area contributed by atoms with Gasteiger partial charge in [-0.2, -0.15) is 0 Å². The van der Waals surface area contributed by atoms with Gasteiger partial charge in [-0.05, 0) is 27.7 Å². The zero-order valence-electron chi connectivity index (χ0n) is 14.9. The quantitative estimate of drug-likeness (QED) is 0.795. The molecule has 0 aliphatic carbocycles. The van der Waals surface area contributed by atoms with Crippen molar-refractivity contribution in [2.45, 2.75) is 65.5 Å². The number of carbonyl (C=O) groups excluding carboxylic acids is 2. The van der Waals surface area contributed by atoms with E-state index in [0.29, 0.717) is 11.5 Å². The predicted molar refractivity (Wildman–Crippen MR) is 90.2 cm³/mol. The van der Waals surface area contributed by atoms with Crippen molar-refractivity contribution in [3.8, 4) is 0 Å². The van der Waals surface area contributed by atoms with Crippen molar-refractivity contribution >= 4 is 17.6 Å². The van der Waals surface area contributed by atoms with Gasteiger partial charge >= 0.3 is 6.03 Å². The highest BCUT2D eigenvalue weighted by Gasteiger charge is 2.21. The second kappa shape index (κ2) is 6.93. The van der Waals surface area contributed by atoms with Crippen LogP contribution in [0.4, 0.5) is 10.5 Å². The minimum atomic E-state index is -0.649. The van der Waals surface area contributed by atoms with Crippen molar-refractivity contribution in [1.82, 2.24) is 20.6 Å². The maximum absolute atomic E-state index is 11.9. The maximum Gasteiger partial charge on any atom is 0.319 e. The fourth-order valence-corrected chi connectivity index (χ4v) is 1.69. The second-order valence-corrected chi connectivity index (χ2v) is 7.60. The first kappa shape index (κ1) is 18.9. The Morgan fingerprint density at radius 2 is 1.57 bits per heavy atom. The van der Waals surface area contributed by atoms with Gasteiger partial charge in [-0.1, -0.05) is 20.8 Å². The number of nitrogens with zero attached hydrogens (tertiary/aromatic N) is 2. The van der Waals surface area contributed by atoms with Crippen molar-refractivity contribution < 1.29 is 9.59 Å². The lowest BCUT2D eigenvalue weighted by atomic mass is 9.96. The Bertz CT molecular complexity index is 555. The molecule has 0 bridgehead atoms. The van der Waals surface area contributed by atoms with E-state index in [4.69, 9.17) is 0 Å². The van der Waals surface area contributed by atoms with E-state index >= 15 is 0 Å². The van der Waals surface area contributed by atoms with Crippen molar-refractivity contribution in [2.75, 3.05) is 5.32 Å². The number of anilines is 1. The number of hydrogen-bond acceptors (Lipinski definition) is 4. The first-order valence-electron chi connectivity index (χ1n) is 7.60. The van der Waals surface area contributed by atoms with Gasteiger partial charge in [0.1, 0.15) is 11.9 Å². The highest BCUT2D eigenvalue weighted by Crippen LogP contribution is 2.18. The van der Waals surface area contributed by atoms with Crippen LogP contribution in [-0.2, 0) is 10.2 Å². The van der Waals surface area contributed by atoms with Crippen LogP contribution in [0.5, 0.6) is 0 Å². The third-order valence-electron chi connectivity index (χ3n) is 2.82. The molecule has 0 saturated carbocycles. The minimum Gasteiger partial charge on any atom is -0.350 e. The fourth-order valence-electron chi connectivity index (χ4n) is 1.69. The monoisotopic (exact) mass is 321 g/mol. The van der Waals surface area contributed by atoms with Gasteiger partial charge in [-0.15, -0.1) is 0 Å². The number of aromatic nitrogens is 2. The summed E-state index contributed by atoms with van der Waals surface area (Å²) in [7, 11) is 0. The van der Waals surface area contributed by atoms with Gasteiger partial charge in [0, 0.05) is 11.0 Å². The fraction of sp³-hybridized carbons (Fsp3) is 0.625. The molecule has 0 unspecified atom stereocenters. The van der Waals surface area contributed by atoms with Crippen LogP contribution < -0.4 is 16.0 Å². The zero-order chi connectivity index (χ0) is 17.8. The van der Waals surface area contributed by atoms with Crippen molar-refractivity contribution in [3.63, 3.8) is 0 Å². The predicted octanol–water partition coefficient (Wildman–Crippen LogP) is 2.20. The molecule has 0 fully saturated rings. The van der Waals surface area contributed by atoms with E-state index < -0.39 is 12.1 Å². The Morgan fingerprint density at radius 3 is 2.00 bits per heavy atom. The summed E-state index contributed by atoms with van der Waals surface area (Å²) in [5.74, 6) is 0.452. The van der Waals surface area contributed by atoms with E-state index in [1.165, 1.54) is 0 Å². The number of amides is 3. The van der Waals surface area contributed by atoms with E-state index in [-0.39, 0.29) is 16.9 Å². The number of nitrogens with one attached hydrogen (secondary N) is 3. The van der Waals surface area contributed by atoms with Crippen LogP contribution in [0, 0.1) is 0 Å². The van der Waals surface area contributed by atoms with Crippen LogP contribution in [0.15, 0.2) is 12.4 Å². The smallest absolute Gasteiger partial charge is 0.319 e. The summed E-state index contributed by atoms with van der Waals surface area (Å²) in [6.45, 7) is 13.3. The topological polar surface area (TPSA) is 96.0 Å². The average Bonchev–Trinajstić information content (AvgIpc) is 2.35. The molecule has 0 saturated heterocycles. The SMILES string of the molecule is C[C@H](NC(=O)Nc1cnc(C(C)(C)C)nc1)C(=O)NC(C)(C)C. The maximum atomic E-state index is 11.9. The van der Waals surface area contributed by atoms with Crippen molar-refractivity contribution in [3.05, 3.63) is 18.2 Å². The Morgan fingerprint density at radius 1 is 1.04 bits per heavy atom. The van der Waals surface area contributed by atoms with E-state index in [2.05, 4.69) is 25.9 Å². The van der Waals surface area contributed by atoms with E-state index in [9.17, 15) is 9.59 Å². The first-order valence-corrected chi connectivity index (χ1v) is 7.60. The van der Waals surface area contributed by atoms with Crippen LogP contribution >= 0.6 is 0 Å². The Hall–Kier alpha value is -2.18. The Kier molecular flexibility index (Phi) is 5.69. The highest BCUT2D eigenvalue weighted by molar-refractivity contribution is 5.93. The summed E-state index contributed by atoms with van der Waals surface area (Å²) >= 11 is 0. The molecule has 1 aromatic heterocycles. The molecule has 1 atom stereocenters. The number of hydrogen-bond donors (Lipinski definition) is 3. The third-order valence-corrected chi connectivity index (χ3v) is 2.82. The molecule has 3 amide bonds. The molecule has 0 spiro atoms. The lowest BCUT2D eigenvalue weighted by Crippen LogP contribution is -2.51. The molecule has 0 aliphatic heterocycles. The number of carbonyl (C=O) groups is 2. The molecule has 7 nitrogen and oxygen atoms in total.